The second kappa shape index (κ2) is 4.98. The third-order valence-electron chi connectivity index (χ3n) is 1.63. The summed E-state index contributed by atoms with van der Waals surface area (Å²) >= 11 is 5.72. The molecule has 0 saturated carbocycles. The van der Waals surface area contributed by atoms with E-state index in [-0.39, 0.29) is 5.97 Å². The molecule has 0 aliphatic heterocycles. The van der Waals surface area contributed by atoms with E-state index in [4.69, 9.17) is 21.1 Å². The molecule has 1 aromatic rings. The lowest BCUT2D eigenvalue weighted by atomic mass is 10.2. The fourth-order valence-corrected chi connectivity index (χ4v) is 1.15. The SMILES string of the molecule is COC(OC(C)=O)c1ccc(Cl)cc1. The van der Waals surface area contributed by atoms with E-state index < -0.39 is 6.29 Å². The predicted molar refractivity (Wildman–Crippen MR) is 53.0 cm³/mol. The van der Waals surface area contributed by atoms with Crippen molar-refractivity contribution in [1.29, 1.82) is 0 Å². The number of benzene rings is 1. The molecule has 0 N–H and O–H groups in total. The highest BCUT2D eigenvalue weighted by Crippen LogP contribution is 2.20. The average molecular weight is 215 g/mol. The fraction of sp³-hybridized carbons (Fsp3) is 0.300. The lowest BCUT2D eigenvalue weighted by molar-refractivity contribution is -0.172. The Morgan fingerprint density at radius 3 is 2.36 bits per heavy atom. The third kappa shape index (κ3) is 3.01. The van der Waals surface area contributed by atoms with Crippen LogP contribution in [-0.2, 0) is 14.3 Å². The van der Waals surface area contributed by atoms with Crippen LogP contribution in [0.3, 0.4) is 0 Å². The van der Waals surface area contributed by atoms with Crippen LogP contribution in [0, 0.1) is 0 Å². The van der Waals surface area contributed by atoms with Crippen LogP contribution in [0.25, 0.3) is 0 Å². The molecule has 76 valence electrons. The first-order chi connectivity index (χ1) is 6.63. The first kappa shape index (κ1) is 11.0. The Hall–Kier alpha value is -1.06. The molecule has 1 atom stereocenters. The second-order valence-electron chi connectivity index (χ2n) is 2.73. The van der Waals surface area contributed by atoms with Gasteiger partial charge < -0.3 is 9.47 Å². The van der Waals surface area contributed by atoms with Crippen molar-refractivity contribution < 1.29 is 14.3 Å². The molecule has 0 aliphatic carbocycles. The first-order valence-corrected chi connectivity index (χ1v) is 4.46. The number of hydrogen-bond acceptors (Lipinski definition) is 3. The van der Waals surface area contributed by atoms with Crippen molar-refractivity contribution in [3.63, 3.8) is 0 Å². The van der Waals surface area contributed by atoms with Gasteiger partial charge in [-0.15, -0.1) is 0 Å². The Morgan fingerprint density at radius 1 is 1.36 bits per heavy atom. The number of esters is 1. The van der Waals surface area contributed by atoms with Crippen LogP contribution in [0.1, 0.15) is 18.8 Å². The highest BCUT2D eigenvalue weighted by Gasteiger charge is 2.12. The molecule has 1 rings (SSSR count). The van der Waals surface area contributed by atoms with Crippen molar-refractivity contribution in [3.8, 4) is 0 Å². The largest absolute Gasteiger partial charge is 0.431 e. The molecule has 1 unspecified atom stereocenters. The first-order valence-electron chi connectivity index (χ1n) is 4.09. The second-order valence-corrected chi connectivity index (χ2v) is 3.17. The van der Waals surface area contributed by atoms with Crippen LogP contribution in [-0.4, -0.2) is 13.1 Å². The molecule has 1 aromatic carbocycles. The van der Waals surface area contributed by atoms with Gasteiger partial charge in [0.25, 0.3) is 0 Å². The molecule has 3 nitrogen and oxygen atoms in total. The summed E-state index contributed by atoms with van der Waals surface area (Å²) < 4.78 is 9.92. The van der Waals surface area contributed by atoms with Crippen molar-refractivity contribution in [3.05, 3.63) is 34.9 Å². The molecule has 0 fully saturated rings. The quantitative estimate of drug-likeness (QED) is 0.573. The maximum Gasteiger partial charge on any atom is 0.305 e. The minimum absolute atomic E-state index is 0.383. The highest BCUT2D eigenvalue weighted by molar-refractivity contribution is 6.30. The summed E-state index contributed by atoms with van der Waals surface area (Å²) in [4.78, 5) is 10.7. The van der Waals surface area contributed by atoms with Gasteiger partial charge in [0.05, 0.1) is 0 Å². The van der Waals surface area contributed by atoms with E-state index >= 15 is 0 Å². The van der Waals surface area contributed by atoms with E-state index in [0.717, 1.165) is 5.56 Å². The summed E-state index contributed by atoms with van der Waals surface area (Å²) in [5, 5.41) is 0.631. The van der Waals surface area contributed by atoms with Gasteiger partial charge in [-0.3, -0.25) is 4.79 Å². The molecule has 0 heterocycles. The smallest absolute Gasteiger partial charge is 0.305 e. The van der Waals surface area contributed by atoms with Crippen molar-refractivity contribution in [1.82, 2.24) is 0 Å². The maximum absolute atomic E-state index is 10.7. The number of rotatable bonds is 3. The standard InChI is InChI=1S/C10H11ClO3/c1-7(12)14-10(13-2)8-3-5-9(11)6-4-8/h3-6,10H,1-2H3. The van der Waals surface area contributed by atoms with E-state index in [1.165, 1.54) is 14.0 Å². The Labute approximate surface area is 87.6 Å². The Bertz CT molecular complexity index is 308. The van der Waals surface area contributed by atoms with Gasteiger partial charge in [-0.25, -0.2) is 0 Å². The number of ether oxygens (including phenoxy) is 2. The van der Waals surface area contributed by atoms with Gasteiger partial charge in [0, 0.05) is 24.6 Å². The molecule has 0 spiro atoms. The Morgan fingerprint density at radius 2 is 1.93 bits per heavy atom. The van der Waals surface area contributed by atoms with E-state index in [9.17, 15) is 4.79 Å². The Kier molecular flexibility index (Phi) is 3.92. The number of hydrogen-bond donors (Lipinski definition) is 0. The lowest BCUT2D eigenvalue weighted by Gasteiger charge is -2.15. The Balaban J connectivity index is 2.78. The lowest BCUT2D eigenvalue weighted by Crippen LogP contribution is -2.10. The molecule has 0 bridgehead atoms. The van der Waals surface area contributed by atoms with Crippen LogP contribution >= 0.6 is 11.6 Å². The number of carbonyl (C=O) groups is 1. The maximum atomic E-state index is 10.7. The van der Waals surface area contributed by atoms with Crippen molar-refractivity contribution in [2.24, 2.45) is 0 Å². The topological polar surface area (TPSA) is 35.5 Å². The minimum atomic E-state index is -0.662. The average Bonchev–Trinajstić information content (AvgIpc) is 2.15. The summed E-state index contributed by atoms with van der Waals surface area (Å²) in [6, 6.07) is 6.93. The van der Waals surface area contributed by atoms with E-state index in [1.54, 1.807) is 24.3 Å². The molecule has 0 aliphatic rings. The van der Waals surface area contributed by atoms with E-state index in [0.29, 0.717) is 5.02 Å². The van der Waals surface area contributed by atoms with Gasteiger partial charge in [0.15, 0.2) is 0 Å². The molecular formula is C10H11ClO3. The molecule has 0 saturated heterocycles. The predicted octanol–water partition coefficient (Wildman–Crippen LogP) is 2.55. The van der Waals surface area contributed by atoms with Crippen LogP contribution in [0.5, 0.6) is 0 Å². The monoisotopic (exact) mass is 214 g/mol. The highest BCUT2D eigenvalue weighted by atomic mass is 35.5. The molecular weight excluding hydrogens is 204 g/mol. The van der Waals surface area contributed by atoms with Crippen LogP contribution in [0.15, 0.2) is 24.3 Å². The van der Waals surface area contributed by atoms with Gasteiger partial charge >= 0.3 is 5.97 Å². The van der Waals surface area contributed by atoms with E-state index in [2.05, 4.69) is 0 Å². The molecule has 0 amide bonds. The van der Waals surface area contributed by atoms with Crippen molar-refractivity contribution >= 4 is 17.6 Å². The van der Waals surface area contributed by atoms with Gasteiger partial charge in [-0.05, 0) is 12.1 Å². The number of halogens is 1. The summed E-state index contributed by atoms with van der Waals surface area (Å²) in [5.74, 6) is -0.383. The van der Waals surface area contributed by atoms with Crippen LogP contribution in [0.2, 0.25) is 5.02 Å². The summed E-state index contributed by atoms with van der Waals surface area (Å²) in [7, 11) is 1.47. The molecule has 0 aromatic heterocycles. The molecule has 14 heavy (non-hydrogen) atoms. The van der Waals surface area contributed by atoms with Crippen LogP contribution in [0.4, 0.5) is 0 Å². The molecule has 4 heteroatoms. The minimum Gasteiger partial charge on any atom is -0.431 e. The fourth-order valence-electron chi connectivity index (χ4n) is 1.02. The zero-order valence-corrected chi connectivity index (χ0v) is 8.75. The molecule has 0 radical (unpaired) electrons. The van der Waals surface area contributed by atoms with Crippen molar-refractivity contribution in [2.45, 2.75) is 13.2 Å². The van der Waals surface area contributed by atoms with Gasteiger partial charge in [-0.1, -0.05) is 23.7 Å². The van der Waals surface area contributed by atoms with Gasteiger partial charge in [0.1, 0.15) is 0 Å². The number of carbonyl (C=O) groups excluding carboxylic acids is 1. The third-order valence-corrected chi connectivity index (χ3v) is 1.88. The summed E-state index contributed by atoms with van der Waals surface area (Å²) in [5.41, 5.74) is 0.757. The van der Waals surface area contributed by atoms with Crippen LogP contribution < -0.4 is 0 Å². The zero-order valence-electron chi connectivity index (χ0n) is 7.99. The summed E-state index contributed by atoms with van der Waals surface area (Å²) in [6.45, 7) is 1.34. The summed E-state index contributed by atoms with van der Waals surface area (Å²) in [6.07, 6.45) is -0.662. The number of methoxy groups -OCH3 is 1. The van der Waals surface area contributed by atoms with E-state index in [1.807, 2.05) is 0 Å². The van der Waals surface area contributed by atoms with Gasteiger partial charge in [-0.2, -0.15) is 0 Å². The normalized spacial score (nSPS) is 12.2. The van der Waals surface area contributed by atoms with Crippen molar-refractivity contribution in [2.75, 3.05) is 7.11 Å². The van der Waals surface area contributed by atoms with Gasteiger partial charge in [0.2, 0.25) is 6.29 Å². The zero-order chi connectivity index (χ0) is 10.6.